The quantitative estimate of drug-likeness (QED) is 0.881. The Labute approximate surface area is 152 Å². The van der Waals surface area contributed by atoms with Crippen molar-refractivity contribution < 1.29 is 23.1 Å². The fraction of sp³-hybridized carbons (Fsp3) is 0.444. The van der Waals surface area contributed by atoms with E-state index >= 15 is 4.39 Å². The van der Waals surface area contributed by atoms with Gasteiger partial charge >= 0.3 is 5.97 Å². The highest BCUT2D eigenvalue weighted by atomic mass is 19.1. The molecule has 2 fully saturated rings. The Morgan fingerprint density at radius 3 is 2.41 bits per heavy atom. The summed E-state index contributed by atoms with van der Waals surface area (Å²) >= 11 is 0. The minimum absolute atomic E-state index is 0.0949. The summed E-state index contributed by atoms with van der Waals surface area (Å²) in [6, 6.07) is 0.110. The lowest BCUT2D eigenvalue weighted by atomic mass is 10.1. The molecule has 2 heterocycles. The molecule has 0 amide bonds. The van der Waals surface area contributed by atoms with Gasteiger partial charge in [0.25, 0.3) is 0 Å². The molecule has 0 radical (unpaired) electrons. The second kappa shape index (κ2) is 6.26. The lowest BCUT2D eigenvalue weighted by molar-refractivity contribution is 0.0694. The molecule has 1 aromatic heterocycles. The number of piperazine rings is 1. The smallest absolute Gasteiger partial charge is 0.341 e. The molecular weight excluding hydrogens is 363 g/mol. The van der Waals surface area contributed by atoms with E-state index in [0.29, 0.717) is 26.2 Å². The molecule has 0 spiro atoms. The minimum Gasteiger partial charge on any atom is -0.477 e. The van der Waals surface area contributed by atoms with E-state index in [2.05, 4.69) is 0 Å². The van der Waals surface area contributed by atoms with Crippen molar-refractivity contribution in [3.63, 3.8) is 0 Å². The fourth-order valence-electron chi connectivity index (χ4n) is 3.61. The van der Waals surface area contributed by atoms with Gasteiger partial charge in [-0.2, -0.15) is 0 Å². The molecule has 2 aromatic rings. The molecule has 144 valence electrons. The van der Waals surface area contributed by atoms with Crippen LogP contribution in [0.2, 0.25) is 0 Å². The Kier molecular flexibility index (Phi) is 4.14. The summed E-state index contributed by atoms with van der Waals surface area (Å²) in [6.45, 7) is 2.05. The number of likely N-dealkylation sites (N-methyl/N-ethyl adjacent to an activating group) is 1. The molecular formula is C18H18F3N3O3. The SMILES string of the molecule is CN1CCN(c2c(F)cc3c(=O)c(C(=O)O)cn(C4CC4F)c3c2F)CC1. The largest absolute Gasteiger partial charge is 0.477 e. The van der Waals surface area contributed by atoms with E-state index in [0.717, 1.165) is 16.8 Å². The maximum Gasteiger partial charge on any atom is 0.341 e. The van der Waals surface area contributed by atoms with Crippen molar-refractivity contribution in [3.05, 3.63) is 39.7 Å². The number of halogens is 3. The molecule has 0 bridgehead atoms. The van der Waals surface area contributed by atoms with Crippen LogP contribution >= 0.6 is 0 Å². The Hall–Kier alpha value is -2.55. The van der Waals surface area contributed by atoms with Crippen molar-refractivity contribution in [3.8, 4) is 0 Å². The van der Waals surface area contributed by atoms with Gasteiger partial charge in [-0.15, -0.1) is 0 Å². The van der Waals surface area contributed by atoms with Gasteiger partial charge in [-0.05, 0) is 13.1 Å². The van der Waals surface area contributed by atoms with Crippen LogP contribution in [-0.4, -0.2) is 59.9 Å². The number of carboxylic acid groups (broad SMARTS) is 1. The van der Waals surface area contributed by atoms with Crippen LogP contribution in [0.5, 0.6) is 0 Å². The first-order valence-corrected chi connectivity index (χ1v) is 8.67. The third-order valence-electron chi connectivity index (χ3n) is 5.27. The molecule has 9 heteroatoms. The highest BCUT2D eigenvalue weighted by Crippen LogP contribution is 2.42. The van der Waals surface area contributed by atoms with Gasteiger partial charge in [-0.3, -0.25) is 4.79 Å². The van der Waals surface area contributed by atoms with Crippen molar-refractivity contribution in [2.24, 2.45) is 0 Å². The third-order valence-corrected chi connectivity index (χ3v) is 5.27. The van der Waals surface area contributed by atoms with Gasteiger partial charge in [0.05, 0.1) is 16.9 Å². The second-order valence-corrected chi connectivity index (χ2v) is 7.11. The number of aromatic carboxylic acids is 1. The zero-order valence-electron chi connectivity index (χ0n) is 14.6. The third kappa shape index (κ3) is 2.86. The number of rotatable bonds is 3. The topological polar surface area (TPSA) is 65.8 Å². The van der Waals surface area contributed by atoms with Crippen LogP contribution in [0.3, 0.4) is 0 Å². The number of benzene rings is 1. The predicted octanol–water partition coefficient (Wildman–Crippen LogP) is 2.01. The van der Waals surface area contributed by atoms with E-state index in [1.165, 1.54) is 0 Å². The number of aromatic nitrogens is 1. The van der Waals surface area contributed by atoms with E-state index < -0.39 is 40.8 Å². The van der Waals surface area contributed by atoms with E-state index in [1.807, 2.05) is 11.9 Å². The zero-order valence-corrected chi connectivity index (χ0v) is 14.6. The van der Waals surface area contributed by atoms with Crippen molar-refractivity contribution >= 4 is 22.6 Å². The van der Waals surface area contributed by atoms with Gasteiger partial charge < -0.3 is 19.5 Å². The van der Waals surface area contributed by atoms with E-state index in [-0.39, 0.29) is 23.0 Å². The molecule has 2 unspecified atom stereocenters. The number of alkyl halides is 1. The predicted molar refractivity (Wildman–Crippen MR) is 93.3 cm³/mol. The molecule has 27 heavy (non-hydrogen) atoms. The highest BCUT2D eigenvalue weighted by Gasteiger charge is 2.41. The van der Waals surface area contributed by atoms with Gasteiger partial charge in [0.15, 0.2) is 5.82 Å². The lowest BCUT2D eigenvalue weighted by Crippen LogP contribution is -2.45. The number of carboxylic acids is 1. The molecule has 1 aliphatic heterocycles. The first-order chi connectivity index (χ1) is 12.8. The summed E-state index contributed by atoms with van der Waals surface area (Å²) < 4.78 is 44.9. The number of hydrogen-bond donors (Lipinski definition) is 1. The monoisotopic (exact) mass is 381 g/mol. The van der Waals surface area contributed by atoms with Crippen LogP contribution in [0.25, 0.3) is 10.9 Å². The Morgan fingerprint density at radius 1 is 1.22 bits per heavy atom. The average Bonchev–Trinajstić information content (AvgIpc) is 3.33. The van der Waals surface area contributed by atoms with Crippen LogP contribution in [0, 0.1) is 11.6 Å². The van der Waals surface area contributed by atoms with Crippen LogP contribution < -0.4 is 10.3 Å². The highest BCUT2D eigenvalue weighted by molar-refractivity contribution is 5.94. The molecule has 6 nitrogen and oxygen atoms in total. The minimum atomic E-state index is -1.52. The molecule has 2 aliphatic rings. The summed E-state index contributed by atoms with van der Waals surface area (Å²) in [4.78, 5) is 27.4. The zero-order chi connectivity index (χ0) is 19.5. The summed E-state index contributed by atoms with van der Waals surface area (Å²) in [5.41, 5.74) is -2.12. The maximum atomic E-state index is 15.4. The molecule has 1 aromatic carbocycles. The van der Waals surface area contributed by atoms with E-state index in [1.54, 1.807) is 4.90 Å². The first-order valence-electron chi connectivity index (χ1n) is 8.67. The fourth-order valence-corrected chi connectivity index (χ4v) is 3.61. The van der Waals surface area contributed by atoms with Crippen LogP contribution in [0.1, 0.15) is 22.8 Å². The van der Waals surface area contributed by atoms with Crippen molar-refractivity contribution in [1.82, 2.24) is 9.47 Å². The van der Waals surface area contributed by atoms with Crippen molar-refractivity contribution in [1.29, 1.82) is 0 Å². The second-order valence-electron chi connectivity index (χ2n) is 7.11. The molecule has 4 rings (SSSR count). The van der Waals surface area contributed by atoms with Crippen molar-refractivity contribution in [2.75, 3.05) is 38.1 Å². The number of hydrogen-bond acceptors (Lipinski definition) is 4. The normalized spacial score (nSPS) is 23.0. The van der Waals surface area contributed by atoms with Crippen LogP contribution in [-0.2, 0) is 0 Å². The van der Waals surface area contributed by atoms with Gasteiger partial charge in [0.1, 0.15) is 23.2 Å². The number of pyridine rings is 1. The molecule has 1 saturated carbocycles. The number of anilines is 1. The molecule has 1 saturated heterocycles. The van der Waals surface area contributed by atoms with Gasteiger partial charge in [0.2, 0.25) is 5.43 Å². The molecule has 2 atom stereocenters. The standard InChI is InChI=1S/C18H18F3N3O3/c1-22-2-4-23(5-3-22)16-12(20)6-9-15(14(16)21)24(13-7-11(13)19)8-10(17(9)25)18(26)27/h6,8,11,13H,2-5,7H2,1H3,(H,26,27). The van der Waals surface area contributed by atoms with Gasteiger partial charge in [-0.25, -0.2) is 18.0 Å². The Balaban J connectivity index is 1.97. The lowest BCUT2D eigenvalue weighted by Gasteiger charge is -2.34. The first kappa shape index (κ1) is 17.8. The Morgan fingerprint density at radius 2 is 1.85 bits per heavy atom. The van der Waals surface area contributed by atoms with Gasteiger partial charge in [0, 0.05) is 38.8 Å². The van der Waals surface area contributed by atoms with Crippen LogP contribution in [0.4, 0.5) is 18.9 Å². The molecule has 1 aliphatic carbocycles. The maximum absolute atomic E-state index is 15.4. The summed E-state index contributed by atoms with van der Waals surface area (Å²) in [5.74, 6) is -3.40. The summed E-state index contributed by atoms with van der Waals surface area (Å²) in [6.07, 6.45) is -0.196. The van der Waals surface area contributed by atoms with Crippen molar-refractivity contribution in [2.45, 2.75) is 18.6 Å². The van der Waals surface area contributed by atoms with Gasteiger partial charge in [-0.1, -0.05) is 0 Å². The number of carbonyl (C=O) groups is 1. The average molecular weight is 381 g/mol. The van der Waals surface area contributed by atoms with Crippen LogP contribution in [0.15, 0.2) is 17.1 Å². The summed E-state index contributed by atoms with van der Waals surface area (Å²) in [5, 5.41) is 8.84. The van der Waals surface area contributed by atoms with E-state index in [4.69, 9.17) is 0 Å². The number of fused-ring (bicyclic) bond motifs is 1. The summed E-state index contributed by atoms with van der Waals surface area (Å²) in [7, 11) is 1.91. The van der Waals surface area contributed by atoms with E-state index in [9.17, 15) is 23.5 Å². The Bertz CT molecular complexity index is 999. The number of nitrogens with zero attached hydrogens (tertiary/aromatic N) is 3. The molecule has 1 N–H and O–H groups in total.